The van der Waals surface area contributed by atoms with Gasteiger partial charge in [-0.15, -0.1) is 11.3 Å². The summed E-state index contributed by atoms with van der Waals surface area (Å²) in [6.07, 6.45) is -0.708. The largest absolute Gasteiger partial charge is 0.480 e. The second-order valence-electron chi connectivity index (χ2n) is 5.24. The summed E-state index contributed by atoms with van der Waals surface area (Å²) < 4.78 is 1.71. The minimum absolute atomic E-state index is 0.0568. The van der Waals surface area contributed by atoms with Gasteiger partial charge in [0, 0.05) is 25.4 Å². The van der Waals surface area contributed by atoms with Crippen LogP contribution >= 0.6 is 11.3 Å². The highest BCUT2D eigenvalue weighted by Gasteiger charge is 2.39. The molecule has 0 bridgehead atoms. The van der Waals surface area contributed by atoms with Crippen LogP contribution in [-0.4, -0.2) is 55.5 Å². The Kier molecular flexibility index (Phi) is 3.22. The van der Waals surface area contributed by atoms with Crippen molar-refractivity contribution in [2.75, 3.05) is 6.54 Å². The molecule has 2 aromatic heterocycles. The lowest BCUT2D eigenvalue weighted by Gasteiger charge is -2.20. The topological polar surface area (TPSA) is 95.7 Å². The van der Waals surface area contributed by atoms with Crippen LogP contribution in [0.15, 0.2) is 6.07 Å². The summed E-state index contributed by atoms with van der Waals surface area (Å²) in [5.41, 5.74) is 0.832. The molecule has 1 fully saturated rings. The Morgan fingerprint density at radius 2 is 2.19 bits per heavy atom. The number of β-amino-alcohol motifs (C(OH)–C–C–N with tert-alkyl or cyclic N) is 1. The smallest absolute Gasteiger partial charge is 0.326 e. The summed E-state index contributed by atoms with van der Waals surface area (Å²) >= 11 is 1.29. The first kappa shape index (κ1) is 14.0. The highest BCUT2D eigenvalue weighted by atomic mass is 32.1. The van der Waals surface area contributed by atoms with Gasteiger partial charge in [0.15, 0.2) is 0 Å². The van der Waals surface area contributed by atoms with E-state index < -0.39 is 18.1 Å². The number of likely N-dealkylation sites (tertiary alicyclic amines) is 1. The van der Waals surface area contributed by atoms with Crippen LogP contribution in [0.2, 0.25) is 0 Å². The zero-order valence-electron chi connectivity index (χ0n) is 11.6. The highest BCUT2D eigenvalue weighted by Crippen LogP contribution is 2.30. The fourth-order valence-corrected chi connectivity index (χ4v) is 3.80. The number of aryl methyl sites for hydroxylation is 2. The van der Waals surface area contributed by atoms with Crippen molar-refractivity contribution in [2.45, 2.75) is 25.5 Å². The minimum Gasteiger partial charge on any atom is -0.480 e. The number of amides is 1. The first-order valence-electron chi connectivity index (χ1n) is 6.53. The predicted molar refractivity (Wildman–Crippen MR) is 76.4 cm³/mol. The highest BCUT2D eigenvalue weighted by molar-refractivity contribution is 7.20. The number of hydrogen-bond donors (Lipinski definition) is 2. The lowest BCUT2D eigenvalue weighted by molar-refractivity contribution is -0.141. The molecule has 0 spiro atoms. The molecule has 0 unspecified atom stereocenters. The molecule has 112 valence electrons. The molecule has 0 saturated carbocycles. The Balaban J connectivity index is 1.96. The molecule has 2 aromatic rings. The third-order valence-electron chi connectivity index (χ3n) is 3.73. The maximum absolute atomic E-state index is 12.5. The monoisotopic (exact) mass is 309 g/mol. The van der Waals surface area contributed by atoms with Gasteiger partial charge in [-0.2, -0.15) is 5.10 Å². The number of carbonyl (C=O) groups excluding carboxylic acids is 1. The van der Waals surface area contributed by atoms with E-state index in [1.807, 2.05) is 6.92 Å². The van der Waals surface area contributed by atoms with Crippen molar-refractivity contribution in [3.8, 4) is 0 Å². The molecule has 1 aliphatic heterocycles. The Hall–Kier alpha value is -1.93. The number of aliphatic hydroxyl groups excluding tert-OH is 1. The van der Waals surface area contributed by atoms with Crippen LogP contribution in [0, 0.1) is 6.92 Å². The van der Waals surface area contributed by atoms with Crippen molar-refractivity contribution < 1.29 is 19.8 Å². The van der Waals surface area contributed by atoms with Crippen molar-refractivity contribution >= 4 is 33.4 Å². The van der Waals surface area contributed by atoms with Gasteiger partial charge in [-0.1, -0.05) is 0 Å². The second kappa shape index (κ2) is 4.81. The number of thiophene rings is 1. The van der Waals surface area contributed by atoms with Gasteiger partial charge in [-0.25, -0.2) is 4.79 Å². The summed E-state index contributed by atoms with van der Waals surface area (Å²) in [7, 11) is 1.81. The summed E-state index contributed by atoms with van der Waals surface area (Å²) in [4.78, 5) is 26.3. The number of rotatable bonds is 2. The normalized spacial score (nSPS) is 22.1. The molecule has 0 radical (unpaired) electrons. The number of carboxylic acid groups (broad SMARTS) is 1. The van der Waals surface area contributed by atoms with Gasteiger partial charge >= 0.3 is 5.97 Å². The molecule has 3 rings (SSSR count). The lowest BCUT2D eigenvalue weighted by atomic mass is 10.2. The summed E-state index contributed by atoms with van der Waals surface area (Å²) in [5.74, 6) is -1.43. The standard InChI is InChI=1S/C13H15N3O4S/c1-6-8-4-10(21-12(8)15(2)14-6)11(18)16-5-7(17)3-9(16)13(19)20/h4,7,9,17H,3,5H2,1-2H3,(H,19,20)/t7-,9-/m0/s1. The Labute approximate surface area is 124 Å². The number of fused-ring (bicyclic) bond motifs is 1. The molecule has 3 heterocycles. The van der Waals surface area contributed by atoms with E-state index in [2.05, 4.69) is 5.10 Å². The molecule has 0 aliphatic carbocycles. The molecule has 8 heteroatoms. The van der Waals surface area contributed by atoms with Crippen molar-refractivity contribution in [1.29, 1.82) is 0 Å². The zero-order valence-corrected chi connectivity index (χ0v) is 12.4. The fraction of sp³-hybridized carbons (Fsp3) is 0.462. The van der Waals surface area contributed by atoms with Gasteiger partial charge in [0.25, 0.3) is 5.91 Å². The van der Waals surface area contributed by atoms with E-state index in [0.717, 1.165) is 15.9 Å². The Morgan fingerprint density at radius 3 is 2.81 bits per heavy atom. The third kappa shape index (κ3) is 2.20. The molecule has 2 atom stereocenters. The number of aromatic nitrogens is 2. The first-order chi connectivity index (χ1) is 9.88. The molecule has 1 amide bonds. The number of carboxylic acids is 1. The van der Waals surface area contributed by atoms with Gasteiger partial charge in [-0.05, 0) is 13.0 Å². The van der Waals surface area contributed by atoms with Crippen LogP contribution in [0.25, 0.3) is 10.2 Å². The maximum Gasteiger partial charge on any atom is 0.326 e. The van der Waals surface area contributed by atoms with E-state index in [1.54, 1.807) is 17.8 Å². The van der Waals surface area contributed by atoms with E-state index in [-0.39, 0.29) is 18.9 Å². The van der Waals surface area contributed by atoms with Gasteiger partial charge in [0.2, 0.25) is 0 Å². The van der Waals surface area contributed by atoms with Gasteiger partial charge in [-0.3, -0.25) is 9.48 Å². The quantitative estimate of drug-likeness (QED) is 0.847. The maximum atomic E-state index is 12.5. The van der Waals surface area contributed by atoms with Crippen molar-refractivity contribution in [2.24, 2.45) is 7.05 Å². The summed E-state index contributed by atoms with van der Waals surface area (Å²) in [5, 5.41) is 24.0. The molecule has 7 nitrogen and oxygen atoms in total. The molecule has 1 saturated heterocycles. The van der Waals surface area contributed by atoms with Crippen molar-refractivity contribution in [3.63, 3.8) is 0 Å². The Morgan fingerprint density at radius 1 is 1.48 bits per heavy atom. The molecule has 2 N–H and O–H groups in total. The predicted octanol–water partition coefficient (Wildman–Crippen LogP) is 0.603. The summed E-state index contributed by atoms with van der Waals surface area (Å²) in [6.45, 7) is 1.92. The van der Waals surface area contributed by atoms with Crippen LogP contribution in [0.1, 0.15) is 21.8 Å². The first-order valence-corrected chi connectivity index (χ1v) is 7.35. The van der Waals surface area contributed by atoms with E-state index in [1.165, 1.54) is 16.2 Å². The Bertz CT molecular complexity index is 701. The van der Waals surface area contributed by atoms with Gasteiger partial charge in [0.1, 0.15) is 10.9 Å². The van der Waals surface area contributed by atoms with E-state index >= 15 is 0 Å². The summed E-state index contributed by atoms with van der Waals surface area (Å²) in [6, 6.07) is 0.783. The van der Waals surface area contributed by atoms with Crippen LogP contribution in [0.4, 0.5) is 0 Å². The van der Waals surface area contributed by atoms with Gasteiger partial charge < -0.3 is 15.1 Å². The van der Waals surface area contributed by atoms with Gasteiger partial charge in [0.05, 0.1) is 16.7 Å². The number of aliphatic hydroxyl groups is 1. The molecular weight excluding hydrogens is 294 g/mol. The number of aliphatic carboxylic acids is 1. The SMILES string of the molecule is Cc1nn(C)c2sc(C(=O)N3C[C@@H](O)C[C@H]3C(=O)O)cc12. The van der Waals surface area contributed by atoms with Crippen LogP contribution < -0.4 is 0 Å². The fourth-order valence-electron chi connectivity index (χ4n) is 2.72. The van der Waals surface area contributed by atoms with Crippen LogP contribution in [0.3, 0.4) is 0 Å². The van der Waals surface area contributed by atoms with E-state index in [0.29, 0.717) is 4.88 Å². The van der Waals surface area contributed by atoms with E-state index in [4.69, 9.17) is 5.11 Å². The third-order valence-corrected chi connectivity index (χ3v) is 4.92. The van der Waals surface area contributed by atoms with Crippen molar-refractivity contribution in [3.05, 3.63) is 16.6 Å². The minimum atomic E-state index is -1.08. The lowest BCUT2D eigenvalue weighted by Crippen LogP contribution is -2.40. The molecule has 1 aliphatic rings. The molecule has 0 aromatic carbocycles. The second-order valence-corrected chi connectivity index (χ2v) is 6.27. The number of nitrogens with zero attached hydrogens (tertiary/aromatic N) is 3. The van der Waals surface area contributed by atoms with Crippen LogP contribution in [-0.2, 0) is 11.8 Å². The number of hydrogen-bond acceptors (Lipinski definition) is 5. The van der Waals surface area contributed by atoms with E-state index in [9.17, 15) is 14.7 Å². The average molecular weight is 309 g/mol. The molecular formula is C13H15N3O4S. The average Bonchev–Trinajstić information content (AvgIpc) is 3.06. The molecule has 21 heavy (non-hydrogen) atoms. The zero-order chi connectivity index (χ0) is 15.3. The van der Waals surface area contributed by atoms with Crippen LogP contribution in [0.5, 0.6) is 0 Å². The number of carbonyl (C=O) groups is 2. The van der Waals surface area contributed by atoms with Crippen molar-refractivity contribution in [1.82, 2.24) is 14.7 Å².